The van der Waals surface area contributed by atoms with E-state index in [1.807, 2.05) is 78.9 Å². The standard InChI is InChI=1S/C24H26N2O3S/c1-25(30(2,28)29)23(22-16-10-5-11-17-22)24(27)26(18-20-12-6-3-7-13-20)19-21-14-8-4-9-15-21/h3-17,23H,18-19H2,1-2H3. The lowest BCUT2D eigenvalue weighted by Gasteiger charge is -2.32. The highest BCUT2D eigenvalue weighted by atomic mass is 32.2. The van der Waals surface area contributed by atoms with Crippen LogP contribution in [-0.4, -0.2) is 36.8 Å². The molecule has 0 N–H and O–H groups in total. The molecule has 0 saturated heterocycles. The van der Waals surface area contributed by atoms with Gasteiger partial charge < -0.3 is 4.90 Å². The third kappa shape index (κ3) is 5.55. The fourth-order valence-corrected chi connectivity index (χ4v) is 3.92. The minimum absolute atomic E-state index is 0.262. The van der Waals surface area contributed by atoms with Crippen molar-refractivity contribution in [3.05, 3.63) is 108 Å². The Hall–Kier alpha value is -2.96. The summed E-state index contributed by atoms with van der Waals surface area (Å²) in [5, 5.41) is 0. The number of carbonyl (C=O) groups excluding carboxylic acids is 1. The van der Waals surface area contributed by atoms with Gasteiger partial charge in [0.1, 0.15) is 6.04 Å². The molecule has 0 aliphatic carbocycles. The Morgan fingerprint density at radius 3 is 1.57 bits per heavy atom. The second-order valence-electron chi connectivity index (χ2n) is 7.26. The molecule has 0 saturated carbocycles. The van der Waals surface area contributed by atoms with Crippen LogP contribution in [-0.2, 0) is 27.9 Å². The predicted octanol–water partition coefficient (Wildman–Crippen LogP) is 3.85. The van der Waals surface area contributed by atoms with Crippen molar-refractivity contribution < 1.29 is 13.2 Å². The van der Waals surface area contributed by atoms with Crippen molar-refractivity contribution in [3.8, 4) is 0 Å². The van der Waals surface area contributed by atoms with Crippen molar-refractivity contribution >= 4 is 15.9 Å². The van der Waals surface area contributed by atoms with Crippen molar-refractivity contribution in [2.75, 3.05) is 13.3 Å². The van der Waals surface area contributed by atoms with Gasteiger partial charge in [0.25, 0.3) is 0 Å². The van der Waals surface area contributed by atoms with Gasteiger partial charge in [0.15, 0.2) is 0 Å². The van der Waals surface area contributed by atoms with Gasteiger partial charge in [0, 0.05) is 20.1 Å². The van der Waals surface area contributed by atoms with Crippen molar-refractivity contribution in [2.24, 2.45) is 0 Å². The maximum atomic E-state index is 13.8. The molecule has 0 radical (unpaired) electrons. The maximum absolute atomic E-state index is 13.8. The van der Waals surface area contributed by atoms with Gasteiger partial charge in [-0.15, -0.1) is 0 Å². The van der Waals surface area contributed by atoms with Crippen LogP contribution in [0.2, 0.25) is 0 Å². The Balaban J connectivity index is 2.00. The Kier molecular flexibility index (Phi) is 7.03. The van der Waals surface area contributed by atoms with E-state index in [-0.39, 0.29) is 5.91 Å². The van der Waals surface area contributed by atoms with Crippen LogP contribution < -0.4 is 0 Å². The monoisotopic (exact) mass is 422 g/mol. The van der Waals surface area contributed by atoms with E-state index in [2.05, 4.69) is 0 Å². The smallest absolute Gasteiger partial charge is 0.246 e. The summed E-state index contributed by atoms with van der Waals surface area (Å²) in [6.45, 7) is 0.769. The fourth-order valence-electron chi connectivity index (χ4n) is 3.33. The Bertz CT molecular complexity index is 1010. The van der Waals surface area contributed by atoms with E-state index >= 15 is 0 Å². The van der Waals surface area contributed by atoms with Gasteiger partial charge in [0.05, 0.1) is 6.26 Å². The van der Waals surface area contributed by atoms with Crippen LogP contribution in [0.5, 0.6) is 0 Å². The number of carbonyl (C=O) groups is 1. The summed E-state index contributed by atoms with van der Waals surface area (Å²) in [6.07, 6.45) is 1.12. The van der Waals surface area contributed by atoms with Crippen molar-refractivity contribution in [1.82, 2.24) is 9.21 Å². The molecule has 0 bridgehead atoms. The molecule has 30 heavy (non-hydrogen) atoms. The zero-order valence-electron chi connectivity index (χ0n) is 17.2. The highest BCUT2D eigenvalue weighted by molar-refractivity contribution is 7.88. The van der Waals surface area contributed by atoms with E-state index in [1.54, 1.807) is 17.0 Å². The summed E-state index contributed by atoms with van der Waals surface area (Å²) >= 11 is 0. The van der Waals surface area contributed by atoms with Gasteiger partial charge in [-0.3, -0.25) is 4.79 Å². The molecule has 0 aromatic heterocycles. The molecule has 3 aromatic rings. The average molecular weight is 423 g/mol. The first-order chi connectivity index (χ1) is 14.4. The van der Waals surface area contributed by atoms with Crippen LogP contribution in [0, 0.1) is 0 Å². The van der Waals surface area contributed by atoms with E-state index in [0.29, 0.717) is 18.7 Å². The lowest BCUT2D eigenvalue weighted by molar-refractivity contribution is -0.136. The van der Waals surface area contributed by atoms with Gasteiger partial charge in [-0.1, -0.05) is 91.0 Å². The predicted molar refractivity (Wildman–Crippen MR) is 119 cm³/mol. The molecule has 3 aromatic carbocycles. The zero-order chi connectivity index (χ0) is 21.6. The molecule has 1 unspecified atom stereocenters. The molecular weight excluding hydrogens is 396 g/mol. The Morgan fingerprint density at radius 1 is 0.767 bits per heavy atom. The van der Waals surface area contributed by atoms with Crippen molar-refractivity contribution in [3.63, 3.8) is 0 Å². The van der Waals surface area contributed by atoms with Crippen LogP contribution in [0.3, 0.4) is 0 Å². The molecule has 156 valence electrons. The first kappa shape index (κ1) is 21.7. The third-order valence-corrected chi connectivity index (χ3v) is 6.24. The number of sulfonamides is 1. The van der Waals surface area contributed by atoms with Crippen molar-refractivity contribution in [1.29, 1.82) is 0 Å². The van der Waals surface area contributed by atoms with Crippen LogP contribution in [0.1, 0.15) is 22.7 Å². The molecule has 5 nitrogen and oxygen atoms in total. The Labute approximate surface area is 178 Å². The minimum Gasteiger partial charge on any atom is -0.332 e. The molecule has 1 amide bonds. The fraction of sp³-hybridized carbons (Fsp3) is 0.208. The normalized spacial score (nSPS) is 12.5. The molecule has 0 heterocycles. The first-order valence-electron chi connectivity index (χ1n) is 9.71. The minimum atomic E-state index is -3.59. The van der Waals surface area contributed by atoms with Crippen LogP contribution in [0.25, 0.3) is 0 Å². The lowest BCUT2D eigenvalue weighted by Crippen LogP contribution is -2.43. The maximum Gasteiger partial charge on any atom is 0.246 e. The highest BCUT2D eigenvalue weighted by Gasteiger charge is 2.34. The second-order valence-corrected chi connectivity index (χ2v) is 9.30. The number of likely N-dealkylation sites (N-methyl/N-ethyl adjacent to an activating group) is 1. The topological polar surface area (TPSA) is 57.7 Å². The van der Waals surface area contributed by atoms with Gasteiger partial charge in [-0.05, 0) is 16.7 Å². The molecular formula is C24H26N2O3S. The molecule has 3 rings (SSSR count). The van der Waals surface area contributed by atoms with Gasteiger partial charge in [-0.25, -0.2) is 8.42 Å². The largest absolute Gasteiger partial charge is 0.332 e. The highest BCUT2D eigenvalue weighted by Crippen LogP contribution is 2.26. The van der Waals surface area contributed by atoms with E-state index in [0.717, 1.165) is 21.7 Å². The Morgan fingerprint density at radius 2 is 1.17 bits per heavy atom. The average Bonchev–Trinajstić information content (AvgIpc) is 2.75. The van der Waals surface area contributed by atoms with E-state index in [4.69, 9.17) is 0 Å². The second kappa shape index (κ2) is 9.69. The number of rotatable bonds is 8. The SMILES string of the molecule is CN(C(C(=O)N(Cc1ccccc1)Cc1ccccc1)c1ccccc1)S(C)(=O)=O. The molecule has 0 fully saturated rings. The third-order valence-electron chi connectivity index (χ3n) is 4.98. The molecule has 1 atom stereocenters. The quantitative estimate of drug-likeness (QED) is 0.554. The molecule has 6 heteroatoms. The summed E-state index contributed by atoms with van der Waals surface area (Å²) in [5.41, 5.74) is 2.60. The number of hydrogen-bond donors (Lipinski definition) is 0. The number of nitrogens with zero attached hydrogens (tertiary/aromatic N) is 2. The van der Waals surface area contributed by atoms with Crippen LogP contribution in [0.4, 0.5) is 0 Å². The van der Waals surface area contributed by atoms with Crippen LogP contribution >= 0.6 is 0 Å². The van der Waals surface area contributed by atoms with Crippen molar-refractivity contribution in [2.45, 2.75) is 19.1 Å². The molecule has 0 aliphatic heterocycles. The van der Waals surface area contributed by atoms with Gasteiger partial charge >= 0.3 is 0 Å². The summed E-state index contributed by atoms with van der Waals surface area (Å²) in [5.74, 6) is -0.262. The van der Waals surface area contributed by atoms with E-state index in [9.17, 15) is 13.2 Å². The van der Waals surface area contributed by atoms with E-state index < -0.39 is 16.1 Å². The molecule has 0 aliphatic rings. The zero-order valence-corrected chi connectivity index (χ0v) is 18.0. The number of hydrogen-bond acceptors (Lipinski definition) is 3. The summed E-state index contributed by atoms with van der Waals surface area (Å²) in [4.78, 5) is 15.5. The van der Waals surface area contributed by atoms with Crippen LogP contribution in [0.15, 0.2) is 91.0 Å². The number of amides is 1. The van der Waals surface area contributed by atoms with E-state index in [1.165, 1.54) is 7.05 Å². The number of benzene rings is 3. The summed E-state index contributed by atoms with van der Waals surface area (Å²) in [7, 11) is -2.14. The molecule has 0 spiro atoms. The lowest BCUT2D eigenvalue weighted by atomic mass is 10.0. The summed E-state index contributed by atoms with van der Waals surface area (Å²) < 4.78 is 25.8. The van der Waals surface area contributed by atoms with Gasteiger partial charge in [0.2, 0.25) is 15.9 Å². The van der Waals surface area contributed by atoms with Gasteiger partial charge in [-0.2, -0.15) is 4.31 Å². The first-order valence-corrected chi connectivity index (χ1v) is 11.6. The summed E-state index contributed by atoms with van der Waals surface area (Å²) in [6, 6.07) is 27.5.